The second-order valence-electron chi connectivity index (χ2n) is 5.15. The molecule has 0 bridgehead atoms. The summed E-state index contributed by atoms with van der Waals surface area (Å²) < 4.78 is 5.34. The molecule has 1 aliphatic rings. The summed E-state index contributed by atoms with van der Waals surface area (Å²) in [5, 5.41) is 3.57. The maximum atomic E-state index is 5.34. The summed E-state index contributed by atoms with van der Waals surface area (Å²) in [5.74, 6) is 1.73. The van der Waals surface area contributed by atoms with Crippen LogP contribution in [0.25, 0.3) is 0 Å². The third-order valence-corrected chi connectivity index (χ3v) is 3.16. The molecule has 0 spiro atoms. The zero-order chi connectivity index (χ0) is 10.9. The molecule has 0 unspecified atom stereocenters. The van der Waals surface area contributed by atoms with E-state index in [9.17, 15) is 0 Å². The zero-order valence-corrected chi connectivity index (χ0v) is 10.4. The van der Waals surface area contributed by atoms with E-state index in [0.717, 1.165) is 25.0 Å². The van der Waals surface area contributed by atoms with Crippen molar-refractivity contribution in [3.63, 3.8) is 0 Å². The van der Waals surface area contributed by atoms with E-state index in [0.29, 0.717) is 0 Å². The molecule has 1 saturated heterocycles. The Balaban J connectivity index is 1.83. The number of hydrogen-bond acceptors (Lipinski definition) is 2. The maximum absolute atomic E-state index is 5.34. The fourth-order valence-corrected chi connectivity index (χ4v) is 2.06. The number of nitrogens with one attached hydrogen (secondary N) is 1. The standard InChI is InChI=1S/C13H27NO/c1-12(2)5-3-4-8-14-11-13-6-9-15-10-7-13/h12-14H,3-11H2,1-2H3. The van der Waals surface area contributed by atoms with Crippen molar-refractivity contribution in [3.05, 3.63) is 0 Å². The van der Waals surface area contributed by atoms with Gasteiger partial charge in [0.05, 0.1) is 0 Å². The second-order valence-corrected chi connectivity index (χ2v) is 5.15. The summed E-state index contributed by atoms with van der Waals surface area (Å²) >= 11 is 0. The summed E-state index contributed by atoms with van der Waals surface area (Å²) in [7, 11) is 0. The van der Waals surface area contributed by atoms with Gasteiger partial charge in [0.2, 0.25) is 0 Å². The SMILES string of the molecule is CC(C)CCCCNCC1CCOCC1. The van der Waals surface area contributed by atoms with Gasteiger partial charge in [0.25, 0.3) is 0 Å². The summed E-state index contributed by atoms with van der Waals surface area (Å²) in [5.41, 5.74) is 0. The fraction of sp³-hybridized carbons (Fsp3) is 1.00. The molecular formula is C13H27NO. The Bertz CT molecular complexity index is 141. The van der Waals surface area contributed by atoms with Crippen molar-refractivity contribution in [3.8, 4) is 0 Å². The van der Waals surface area contributed by atoms with Gasteiger partial charge in [-0.2, -0.15) is 0 Å². The lowest BCUT2D eigenvalue weighted by molar-refractivity contribution is 0.0663. The first-order valence-corrected chi connectivity index (χ1v) is 6.57. The summed E-state index contributed by atoms with van der Waals surface area (Å²) in [6, 6.07) is 0. The van der Waals surface area contributed by atoms with Crippen molar-refractivity contribution < 1.29 is 4.74 Å². The first kappa shape index (κ1) is 13.0. The van der Waals surface area contributed by atoms with E-state index in [-0.39, 0.29) is 0 Å². The van der Waals surface area contributed by atoms with Gasteiger partial charge in [-0.05, 0) is 44.2 Å². The molecule has 0 aromatic carbocycles. The van der Waals surface area contributed by atoms with Crippen molar-refractivity contribution in [1.82, 2.24) is 5.32 Å². The molecule has 0 atom stereocenters. The van der Waals surface area contributed by atoms with Gasteiger partial charge in [-0.3, -0.25) is 0 Å². The molecule has 15 heavy (non-hydrogen) atoms. The minimum absolute atomic E-state index is 0.862. The summed E-state index contributed by atoms with van der Waals surface area (Å²) in [6.07, 6.45) is 6.58. The molecule has 0 radical (unpaired) electrons. The molecule has 90 valence electrons. The Morgan fingerprint density at radius 3 is 2.60 bits per heavy atom. The Morgan fingerprint density at radius 1 is 1.20 bits per heavy atom. The van der Waals surface area contributed by atoms with Gasteiger partial charge in [-0.25, -0.2) is 0 Å². The topological polar surface area (TPSA) is 21.3 Å². The van der Waals surface area contributed by atoms with Gasteiger partial charge < -0.3 is 10.1 Å². The molecule has 2 heteroatoms. The van der Waals surface area contributed by atoms with E-state index < -0.39 is 0 Å². The molecular weight excluding hydrogens is 186 g/mol. The van der Waals surface area contributed by atoms with E-state index in [2.05, 4.69) is 19.2 Å². The zero-order valence-electron chi connectivity index (χ0n) is 10.4. The highest BCUT2D eigenvalue weighted by Gasteiger charge is 2.12. The lowest BCUT2D eigenvalue weighted by Crippen LogP contribution is -2.28. The number of hydrogen-bond donors (Lipinski definition) is 1. The lowest BCUT2D eigenvalue weighted by atomic mass is 10.0. The first-order valence-electron chi connectivity index (χ1n) is 6.57. The van der Waals surface area contributed by atoms with Crippen molar-refractivity contribution in [2.75, 3.05) is 26.3 Å². The smallest absolute Gasteiger partial charge is 0.0469 e. The fourth-order valence-electron chi connectivity index (χ4n) is 2.06. The van der Waals surface area contributed by atoms with Gasteiger partial charge in [-0.1, -0.05) is 26.7 Å². The average Bonchev–Trinajstić information content (AvgIpc) is 2.24. The van der Waals surface area contributed by atoms with E-state index in [4.69, 9.17) is 4.74 Å². The highest BCUT2D eigenvalue weighted by atomic mass is 16.5. The van der Waals surface area contributed by atoms with E-state index >= 15 is 0 Å². The Labute approximate surface area is 94.8 Å². The molecule has 1 heterocycles. The van der Waals surface area contributed by atoms with Crippen LogP contribution in [-0.2, 0) is 4.74 Å². The third kappa shape index (κ3) is 6.91. The molecule has 2 nitrogen and oxygen atoms in total. The van der Waals surface area contributed by atoms with E-state index in [1.165, 1.54) is 45.2 Å². The monoisotopic (exact) mass is 213 g/mol. The molecule has 0 aromatic heterocycles. The quantitative estimate of drug-likeness (QED) is 0.657. The van der Waals surface area contributed by atoms with Gasteiger partial charge in [0.1, 0.15) is 0 Å². The van der Waals surface area contributed by atoms with E-state index in [1.54, 1.807) is 0 Å². The molecule has 0 saturated carbocycles. The van der Waals surface area contributed by atoms with E-state index in [1.807, 2.05) is 0 Å². The van der Waals surface area contributed by atoms with Crippen LogP contribution in [0, 0.1) is 11.8 Å². The maximum Gasteiger partial charge on any atom is 0.0469 e. The lowest BCUT2D eigenvalue weighted by Gasteiger charge is -2.22. The third-order valence-electron chi connectivity index (χ3n) is 3.16. The van der Waals surface area contributed by atoms with Gasteiger partial charge >= 0.3 is 0 Å². The second kappa shape index (κ2) is 8.12. The number of unbranched alkanes of at least 4 members (excludes halogenated alkanes) is 1. The molecule has 0 aliphatic carbocycles. The molecule has 0 amide bonds. The number of rotatable bonds is 7. The molecule has 1 rings (SSSR count). The van der Waals surface area contributed by atoms with Crippen molar-refractivity contribution in [1.29, 1.82) is 0 Å². The van der Waals surface area contributed by atoms with Crippen LogP contribution in [0.4, 0.5) is 0 Å². The minimum atomic E-state index is 0.862. The van der Waals surface area contributed by atoms with Crippen LogP contribution in [0.1, 0.15) is 46.0 Å². The van der Waals surface area contributed by atoms with Gasteiger partial charge in [-0.15, -0.1) is 0 Å². The van der Waals surface area contributed by atoms with Crippen molar-refractivity contribution in [2.24, 2.45) is 11.8 Å². The molecule has 1 aliphatic heterocycles. The highest BCUT2D eigenvalue weighted by molar-refractivity contribution is 4.65. The normalized spacial score (nSPS) is 18.6. The minimum Gasteiger partial charge on any atom is -0.381 e. The average molecular weight is 213 g/mol. The van der Waals surface area contributed by atoms with Gasteiger partial charge in [0.15, 0.2) is 0 Å². The Hall–Kier alpha value is -0.0800. The largest absolute Gasteiger partial charge is 0.381 e. The van der Waals surface area contributed by atoms with Crippen LogP contribution >= 0.6 is 0 Å². The van der Waals surface area contributed by atoms with Crippen LogP contribution < -0.4 is 5.32 Å². The Kier molecular flexibility index (Phi) is 7.03. The number of ether oxygens (including phenoxy) is 1. The first-order chi connectivity index (χ1) is 7.29. The predicted molar refractivity (Wildman–Crippen MR) is 65.1 cm³/mol. The Morgan fingerprint density at radius 2 is 1.93 bits per heavy atom. The van der Waals surface area contributed by atoms with Crippen LogP contribution in [-0.4, -0.2) is 26.3 Å². The summed E-state index contributed by atoms with van der Waals surface area (Å²) in [4.78, 5) is 0. The summed E-state index contributed by atoms with van der Waals surface area (Å²) in [6.45, 7) is 8.94. The van der Waals surface area contributed by atoms with Gasteiger partial charge in [0, 0.05) is 13.2 Å². The molecule has 1 fully saturated rings. The predicted octanol–water partition coefficient (Wildman–Crippen LogP) is 2.83. The van der Waals surface area contributed by atoms with Crippen molar-refractivity contribution in [2.45, 2.75) is 46.0 Å². The van der Waals surface area contributed by atoms with Crippen molar-refractivity contribution >= 4 is 0 Å². The van der Waals surface area contributed by atoms with Crippen LogP contribution in [0.5, 0.6) is 0 Å². The molecule has 0 aromatic rings. The van der Waals surface area contributed by atoms with Crippen LogP contribution in [0.2, 0.25) is 0 Å². The van der Waals surface area contributed by atoms with Crippen LogP contribution in [0.15, 0.2) is 0 Å². The molecule has 1 N–H and O–H groups in total. The highest BCUT2D eigenvalue weighted by Crippen LogP contribution is 2.13. The van der Waals surface area contributed by atoms with Crippen LogP contribution in [0.3, 0.4) is 0 Å².